The second-order valence-electron chi connectivity index (χ2n) is 6.82. The number of benzene rings is 3. The standard InChI is InChI=1S/C24H21N3O2/c1-17(19-8-4-2-5-9-19)27-22-14-12-18(13-15-23(28)26-29)16-21(22)25-24(27)20-10-6-3-7-11-20/h2-17,29H,1H3,(H,26,28)/b15-13+. The van der Waals surface area contributed by atoms with Crippen LogP contribution in [0.1, 0.15) is 24.1 Å². The number of amides is 1. The Morgan fingerprint density at radius 3 is 2.41 bits per heavy atom. The van der Waals surface area contributed by atoms with Crippen LogP contribution in [0.2, 0.25) is 0 Å². The topological polar surface area (TPSA) is 67.2 Å². The third kappa shape index (κ3) is 3.81. The van der Waals surface area contributed by atoms with Gasteiger partial charge in [-0.25, -0.2) is 10.5 Å². The highest BCUT2D eigenvalue weighted by Gasteiger charge is 2.18. The predicted molar refractivity (Wildman–Crippen MR) is 114 cm³/mol. The van der Waals surface area contributed by atoms with Crippen LogP contribution in [-0.4, -0.2) is 20.7 Å². The minimum atomic E-state index is -0.571. The lowest BCUT2D eigenvalue weighted by Gasteiger charge is -2.18. The number of nitrogens with zero attached hydrogens (tertiary/aromatic N) is 2. The van der Waals surface area contributed by atoms with E-state index in [-0.39, 0.29) is 6.04 Å². The van der Waals surface area contributed by atoms with Crippen LogP contribution in [0.3, 0.4) is 0 Å². The molecule has 4 aromatic rings. The van der Waals surface area contributed by atoms with E-state index in [4.69, 9.17) is 10.2 Å². The third-order valence-electron chi connectivity index (χ3n) is 4.95. The summed E-state index contributed by atoms with van der Waals surface area (Å²) < 4.78 is 2.24. The Labute approximate surface area is 168 Å². The number of rotatable bonds is 5. The van der Waals surface area contributed by atoms with Gasteiger partial charge in [0, 0.05) is 11.6 Å². The molecular formula is C24H21N3O2. The maximum absolute atomic E-state index is 11.3. The van der Waals surface area contributed by atoms with Crippen LogP contribution in [0.4, 0.5) is 0 Å². The molecule has 0 spiro atoms. The lowest BCUT2D eigenvalue weighted by atomic mass is 10.1. The summed E-state index contributed by atoms with van der Waals surface area (Å²) >= 11 is 0. The highest BCUT2D eigenvalue weighted by atomic mass is 16.5. The second kappa shape index (κ2) is 8.12. The summed E-state index contributed by atoms with van der Waals surface area (Å²) in [5, 5.41) is 8.65. The second-order valence-corrected chi connectivity index (χ2v) is 6.82. The van der Waals surface area contributed by atoms with Gasteiger partial charge in [-0.1, -0.05) is 66.7 Å². The number of imidazole rings is 1. The van der Waals surface area contributed by atoms with E-state index in [0.29, 0.717) is 0 Å². The van der Waals surface area contributed by atoms with E-state index in [9.17, 15) is 4.79 Å². The summed E-state index contributed by atoms with van der Waals surface area (Å²) in [4.78, 5) is 16.2. The maximum Gasteiger partial charge on any atom is 0.267 e. The highest BCUT2D eigenvalue weighted by molar-refractivity contribution is 5.92. The molecule has 144 valence electrons. The van der Waals surface area contributed by atoms with Crippen LogP contribution >= 0.6 is 0 Å². The van der Waals surface area contributed by atoms with Gasteiger partial charge in [0.2, 0.25) is 0 Å². The monoisotopic (exact) mass is 383 g/mol. The third-order valence-corrected chi connectivity index (χ3v) is 4.95. The van der Waals surface area contributed by atoms with Crippen LogP contribution in [0, 0.1) is 0 Å². The average Bonchev–Trinajstić information content (AvgIpc) is 3.16. The Hall–Kier alpha value is -3.70. The Bertz CT molecular complexity index is 1160. The van der Waals surface area contributed by atoms with Gasteiger partial charge >= 0.3 is 0 Å². The molecule has 1 aromatic heterocycles. The smallest absolute Gasteiger partial charge is 0.267 e. The zero-order chi connectivity index (χ0) is 20.2. The number of hydrogen-bond donors (Lipinski definition) is 2. The number of fused-ring (bicyclic) bond motifs is 1. The summed E-state index contributed by atoms with van der Waals surface area (Å²) in [6.07, 6.45) is 2.93. The molecule has 3 aromatic carbocycles. The van der Waals surface area contributed by atoms with Gasteiger partial charge in [-0.3, -0.25) is 10.0 Å². The SMILES string of the molecule is CC(c1ccccc1)n1c(-c2ccccc2)nc2cc(/C=C/C(=O)NO)ccc21. The normalized spacial score (nSPS) is 12.3. The molecule has 0 radical (unpaired) electrons. The van der Waals surface area contributed by atoms with Crippen LogP contribution < -0.4 is 5.48 Å². The molecule has 0 aliphatic heterocycles. The Morgan fingerprint density at radius 2 is 1.72 bits per heavy atom. The Morgan fingerprint density at radius 1 is 1.03 bits per heavy atom. The molecule has 0 fully saturated rings. The van der Waals surface area contributed by atoms with Crippen LogP contribution in [0.25, 0.3) is 28.5 Å². The molecule has 1 unspecified atom stereocenters. The highest BCUT2D eigenvalue weighted by Crippen LogP contribution is 2.32. The van der Waals surface area contributed by atoms with E-state index >= 15 is 0 Å². The summed E-state index contributed by atoms with van der Waals surface area (Å²) in [5.74, 6) is 0.324. The zero-order valence-corrected chi connectivity index (χ0v) is 16.0. The Balaban J connectivity index is 1.87. The number of carbonyl (C=O) groups excluding carboxylic acids is 1. The van der Waals surface area contributed by atoms with Gasteiger partial charge in [0.15, 0.2) is 0 Å². The lowest BCUT2D eigenvalue weighted by molar-refractivity contribution is -0.124. The van der Waals surface area contributed by atoms with Crippen LogP contribution in [0.15, 0.2) is 84.9 Å². The van der Waals surface area contributed by atoms with E-state index < -0.39 is 5.91 Å². The average molecular weight is 383 g/mol. The summed E-state index contributed by atoms with van der Waals surface area (Å²) in [6.45, 7) is 2.17. The van der Waals surface area contributed by atoms with Crippen molar-refractivity contribution in [1.29, 1.82) is 0 Å². The fraction of sp³-hybridized carbons (Fsp3) is 0.0833. The molecule has 5 heteroatoms. The van der Waals surface area contributed by atoms with E-state index in [0.717, 1.165) is 28.0 Å². The minimum Gasteiger partial charge on any atom is -0.317 e. The van der Waals surface area contributed by atoms with Crippen molar-refractivity contribution in [2.75, 3.05) is 0 Å². The van der Waals surface area contributed by atoms with E-state index in [1.54, 1.807) is 11.6 Å². The van der Waals surface area contributed by atoms with Crippen molar-refractivity contribution in [3.63, 3.8) is 0 Å². The molecule has 5 nitrogen and oxygen atoms in total. The van der Waals surface area contributed by atoms with Gasteiger partial charge in [0.05, 0.1) is 17.1 Å². The van der Waals surface area contributed by atoms with Crippen molar-refractivity contribution in [3.05, 3.63) is 96.1 Å². The Kier molecular flexibility index (Phi) is 5.22. The fourth-order valence-corrected chi connectivity index (χ4v) is 3.49. The fourth-order valence-electron chi connectivity index (χ4n) is 3.49. The number of hydrogen-bond acceptors (Lipinski definition) is 3. The maximum atomic E-state index is 11.3. The van der Waals surface area contributed by atoms with E-state index in [1.165, 1.54) is 11.6 Å². The molecule has 0 saturated carbocycles. The first-order valence-electron chi connectivity index (χ1n) is 9.42. The molecule has 1 atom stereocenters. The number of hydroxylamine groups is 1. The summed E-state index contributed by atoms with van der Waals surface area (Å²) in [5.41, 5.74) is 6.54. The molecule has 29 heavy (non-hydrogen) atoms. The minimum absolute atomic E-state index is 0.0953. The first-order chi connectivity index (χ1) is 14.2. The predicted octanol–water partition coefficient (Wildman–Crippen LogP) is 4.83. The largest absolute Gasteiger partial charge is 0.317 e. The lowest BCUT2D eigenvalue weighted by Crippen LogP contribution is -2.14. The van der Waals surface area contributed by atoms with Gasteiger partial charge < -0.3 is 4.57 Å². The van der Waals surface area contributed by atoms with Crippen molar-refractivity contribution >= 4 is 23.0 Å². The molecule has 4 rings (SSSR count). The molecule has 0 saturated heterocycles. The van der Waals surface area contributed by atoms with E-state index in [1.807, 2.05) is 54.6 Å². The molecular weight excluding hydrogens is 362 g/mol. The van der Waals surface area contributed by atoms with Crippen molar-refractivity contribution in [2.45, 2.75) is 13.0 Å². The van der Waals surface area contributed by atoms with Gasteiger partial charge in [0.1, 0.15) is 5.82 Å². The van der Waals surface area contributed by atoms with E-state index in [2.05, 4.69) is 35.8 Å². The van der Waals surface area contributed by atoms with Crippen molar-refractivity contribution in [3.8, 4) is 11.4 Å². The summed E-state index contributed by atoms with van der Waals surface area (Å²) in [7, 11) is 0. The van der Waals surface area contributed by atoms with Gasteiger partial charge in [-0.05, 0) is 36.3 Å². The van der Waals surface area contributed by atoms with Crippen molar-refractivity contribution in [2.24, 2.45) is 0 Å². The molecule has 2 N–H and O–H groups in total. The first kappa shape index (κ1) is 18.7. The van der Waals surface area contributed by atoms with Crippen LogP contribution in [0.5, 0.6) is 0 Å². The number of aromatic nitrogens is 2. The first-order valence-corrected chi connectivity index (χ1v) is 9.42. The van der Waals surface area contributed by atoms with Crippen LogP contribution in [-0.2, 0) is 4.79 Å². The van der Waals surface area contributed by atoms with Crippen molar-refractivity contribution < 1.29 is 10.0 Å². The molecule has 0 aliphatic carbocycles. The number of nitrogens with one attached hydrogen (secondary N) is 1. The van der Waals surface area contributed by atoms with Crippen molar-refractivity contribution in [1.82, 2.24) is 15.0 Å². The molecule has 0 aliphatic rings. The summed E-state index contributed by atoms with van der Waals surface area (Å²) in [6, 6.07) is 26.5. The van der Waals surface area contributed by atoms with Gasteiger partial charge in [-0.2, -0.15) is 0 Å². The molecule has 1 heterocycles. The molecule has 1 amide bonds. The number of carbonyl (C=O) groups is 1. The van der Waals surface area contributed by atoms with Gasteiger partial charge in [-0.15, -0.1) is 0 Å². The quantitative estimate of drug-likeness (QED) is 0.295. The van der Waals surface area contributed by atoms with Gasteiger partial charge in [0.25, 0.3) is 5.91 Å². The zero-order valence-electron chi connectivity index (χ0n) is 16.0. The molecule has 0 bridgehead atoms.